The van der Waals surface area contributed by atoms with Gasteiger partial charge in [-0.15, -0.1) is 11.3 Å². The molecule has 0 aliphatic rings. The average molecular weight is 472 g/mol. The molecule has 0 saturated carbocycles. The smallest absolute Gasteiger partial charge is 0.257 e. The summed E-state index contributed by atoms with van der Waals surface area (Å²) in [6, 6.07) is 14.0. The fourth-order valence-electron chi connectivity index (χ4n) is 2.86. The van der Waals surface area contributed by atoms with Crippen LogP contribution in [0, 0.1) is 0 Å². The summed E-state index contributed by atoms with van der Waals surface area (Å²) in [6.07, 6.45) is -0.925. The van der Waals surface area contributed by atoms with E-state index in [2.05, 4.69) is 15.6 Å². The Balaban J connectivity index is 1.44. The number of hydrogen-bond donors (Lipinski definition) is 3. The van der Waals surface area contributed by atoms with Crippen LogP contribution in [0.3, 0.4) is 0 Å². The van der Waals surface area contributed by atoms with Crippen molar-refractivity contribution in [2.75, 3.05) is 32.7 Å². The third kappa shape index (κ3) is 6.93. The Morgan fingerprint density at radius 1 is 1.06 bits per heavy atom. The van der Waals surface area contributed by atoms with Gasteiger partial charge in [0.15, 0.2) is 16.6 Å². The SMILES string of the molecule is COc1cccc(OC)c1OCC(O)CNC(=O)Cc1csc(NC(=O)c2ccccc2)n1. The second-order valence-corrected chi connectivity index (χ2v) is 7.76. The number of hydrogen-bond acceptors (Lipinski definition) is 8. The Labute approximate surface area is 195 Å². The second kappa shape index (κ2) is 11.8. The van der Waals surface area contributed by atoms with Crippen molar-refractivity contribution in [3.8, 4) is 17.2 Å². The molecule has 174 valence electrons. The molecule has 1 atom stereocenters. The summed E-state index contributed by atoms with van der Waals surface area (Å²) in [4.78, 5) is 28.7. The predicted molar refractivity (Wildman–Crippen MR) is 124 cm³/mol. The molecule has 10 heteroatoms. The van der Waals surface area contributed by atoms with Crippen LogP contribution in [0.5, 0.6) is 17.2 Å². The number of carbonyl (C=O) groups excluding carboxylic acids is 2. The Bertz CT molecular complexity index is 1050. The van der Waals surface area contributed by atoms with E-state index in [-0.39, 0.29) is 31.4 Å². The van der Waals surface area contributed by atoms with Gasteiger partial charge in [0.2, 0.25) is 11.7 Å². The molecule has 0 aliphatic carbocycles. The van der Waals surface area contributed by atoms with Gasteiger partial charge < -0.3 is 24.6 Å². The lowest BCUT2D eigenvalue weighted by atomic mass is 10.2. The first-order chi connectivity index (χ1) is 16.0. The van der Waals surface area contributed by atoms with E-state index in [1.165, 1.54) is 25.6 Å². The fraction of sp³-hybridized carbons (Fsp3) is 0.261. The molecule has 2 amide bonds. The topological polar surface area (TPSA) is 119 Å². The van der Waals surface area contributed by atoms with Gasteiger partial charge in [-0.05, 0) is 24.3 Å². The monoisotopic (exact) mass is 471 g/mol. The number of ether oxygens (including phenoxy) is 3. The van der Waals surface area contributed by atoms with Crippen molar-refractivity contribution < 1.29 is 28.9 Å². The zero-order valence-electron chi connectivity index (χ0n) is 18.2. The fourth-order valence-corrected chi connectivity index (χ4v) is 3.57. The van der Waals surface area contributed by atoms with E-state index in [0.29, 0.717) is 33.6 Å². The number of thiazole rings is 1. The van der Waals surface area contributed by atoms with E-state index < -0.39 is 6.10 Å². The first-order valence-corrected chi connectivity index (χ1v) is 11.0. The van der Waals surface area contributed by atoms with Gasteiger partial charge in [-0.2, -0.15) is 0 Å². The van der Waals surface area contributed by atoms with Crippen LogP contribution in [0.4, 0.5) is 5.13 Å². The summed E-state index contributed by atoms with van der Waals surface area (Å²) in [7, 11) is 3.02. The molecule has 1 aromatic heterocycles. The standard InChI is InChI=1S/C23H25N3O6S/c1-30-18-9-6-10-19(31-2)21(18)32-13-17(27)12-24-20(28)11-16-14-33-23(25-16)26-22(29)15-7-4-3-5-8-15/h3-10,14,17,27H,11-13H2,1-2H3,(H,24,28)(H,25,26,29). The van der Waals surface area contributed by atoms with Crippen LogP contribution < -0.4 is 24.8 Å². The summed E-state index contributed by atoms with van der Waals surface area (Å²) in [5.41, 5.74) is 1.04. The maximum atomic E-state index is 12.2. The van der Waals surface area contributed by atoms with Gasteiger partial charge in [0.05, 0.1) is 26.3 Å². The minimum Gasteiger partial charge on any atom is -0.493 e. The zero-order valence-corrected chi connectivity index (χ0v) is 19.1. The minimum atomic E-state index is -0.945. The Kier molecular flexibility index (Phi) is 8.62. The highest BCUT2D eigenvalue weighted by molar-refractivity contribution is 7.14. The van der Waals surface area contributed by atoms with Crippen LogP contribution in [-0.4, -0.2) is 55.4 Å². The number of rotatable bonds is 11. The Morgan fingerprint density at radius 3 is 2.42 bits per heavy atom. The lowest BCUT2D eigenvalue weighted by Gasteiger charge is -2.17. The second-order valence-electron chi connectivity index (χ2n) is 6.90. The van der Waals surface area contributed by atoms with E-state index in [4.69, 9.17) is 14.2 Å². The van der Waals surface area contributed by atoms with Crippen molar-refractivity contribution in [2.45, 2.75) is 12.5 Å². The van der Waals surface area contributed by atoms with Crippen molar-refractivity contribution in [3.05, 3.63) is 65.2 Å². The highest BCUT2D eigenvalue weighted by Crippen LogP contribution is 2.36. The van der Waals surface area contributed by atoms with E-state index in [0.717, 1.165) is 0 Å². The third-order valence-electron chi connectivity index (χ3n) is 4.49. The minimum absolute atomic E-state index is 0.00195. The Hall–Kier alpha value is -3.63. The number of aliphatic hydroxyl groups excluding tert-OH is 1. The summed E-state index contributed by atoms with van der Waals surface area (Å²) < 4.78 is 16.1. The third-order valence-corrected chi connectivity index (χ3v) is 5.29. The molecule has 3 N–H and O–H groups in total. The summed E-state index contributed by atoms with van der Waals surface area (Å²) in [6.45, 7) is -0.0680. The maximum absolute atomic E-state index is 12.2. The number of nitrogens with one attached hydrogen (secondary N) is 2. The lowest BCUT2D eigenvalue weighted by Crippen LogP contribution is -2.36. The van der Waals surface area contributed by atoms with Crippen molar-refractivity contribution >= 4 is 28.3 Å². The molecule has 0 fully saturated rings. The van der Waals surface area contributed by atoms with E-state index >= 15 is 0 Å². The van der Waals surface area contributed by atoms with Gasteiger partial charge in [0, 0.05) is 17.5 Å². The van der Waals surface area contributed by atoms with Gasteiger partial charge in [-0.25, -0.2) is 4.98 Å². The predicted octanol–water partition coefficient (Wildman–Crippen LogP) is 2.51. The zero-order chi connectivity index (χ0) is 23.6. The molecule has 0 spiro atoms. The van der Waals surface area contributed by atoms with Crippen molar-refractivity contribution in [3.63, 3.8) is 0 Å². The number of amides is 2. The van der Waals surface area contributed by atoms with E-state index in [1.54, 1.807) is 47.8 Å². The van der Waals surface area contributed by atoms with Crippen LogP contribution in [0.15, 0.2) is 53.9 Å². The molecule has 3 aromatic rings. The first kappa shape index (κ1) is 24.0. The number of anilines is 1. The molecule has 0 radical (unpaired) electrons. The largest absolute Gasteiger partial charge is 0.493 e. The average Bonchev–Trinajstić information content (AvgIpc) is 3.27. The number of benzene rings is 2. The molecule has 0 saturated heterocycles. The Morgan fingerprint density at radius 2 is 1.76 bits per heavy atom. The number of methoxy groups -OCH3 is 2. The molecule has 1 heterocycles. The number of aliphatic hydroxyl groups is 1. The molecule has 2 aromatic carbocycles. The molecule has 3 rings (SSSR count). The lowest BCUT2D eigenvalue weighted by molar-refractivity contribution is -0.121. The molecule has 33 heavy (non-hydrogen) atoms. The van der Waals surface area contributed by atoms with Gasteiger partial charge in [-0.1, -0.05) is 24.3 Å². The number of aromatic nitrogens is 1. The van der Waals surface area contributed by atoms with Crippen LogP contribution in [0.2, 0.25) is 0 Å². The highest BCUT2D eigenvalue weighted by Gasteiger charge is 2.15. The summed E-state index contributed by atoms with van der Waals surface area (Å²) in [5, 5.41) is 17.7. The van der Waals surface area contributed by atoms with E-state index in [1.807, 2.05) is 6.07 Å². The highest BCUT2D eigenvalue weighted by atomic mass is 32.1. The van der Waals surface area contributed by atoms with Crippen molar-refractivity contribution in [1.82, 2.24) is 10.3 Å². The van der Waals surface area contributed by atoms with Gasteiger partial charge in [0.25, 0.3) is 5.91 Å². The van der Waals surface area contributed by atoms with Crippen molar-refractivity contribution in [1.29, 1.82) is 0 Å². The van der Waals surface area contributed by atoms with Gasteiger partial charge in [-0.3, -0.25) is 14.9 Å². The van der Waals surface area contributed by atoms with Crippen molar-refractivity contribution in [2.24, 2.45) is 0 Å². The molecular formula is C23H25N3O6S. The van der Waals surface area contributed by atoms with E-state index in [9.17, 15) is 14.7 Å². The van der Waals surface area contributed by atoms with Gasteiger partial charge in [0.1, 0.15) is 12.7 Å². The normalized spacial score (nSPS) is 11.4. The number of nitrogens with zero attached hydrogens (tertiary/aromatic N) is 1. The van der Waals surface area contributed by atoms with Crippen LogP contribution in [-0.2, 0) is 11.2 Å². The number of para-hydroxylation sites is 1. The van der Waals surface area contributed by atoms with Gasteiger partial charge >= 0.3 is 0 Å². The molecule has 0 aliphatic heterocycles. The summed E-state index contributed by atoms with van der Waals surface area (Å²) in [5.74, 6) is 0.750. The summed E-state index contributed by atoms with van der Waals surface area (Å²) >= 11 is 1.24. The molecular weight excluding hydrogens is 446 g/mol. The van der Waals surface area contributed by atoms with Crippen LogP contribution >= 0.6 is 11.3 Å². The first-order valence-electron chi connectivity index (χ1n) is 10.1. The molecule has 9 nitrogen and oxygen atoms in total. The molecule has 1 unspecified atom stereocenters. The maximum Gasteiger partial charge on any atom is 0.257 e. The quantitative estimate of drug-likeness (QED) is 0.393. The van der Waals surface area contributed by atoms with Crippen LogP contribution in [0.25, 0.3) is 0 Å². The molecule has 0 bridgehead atoms. The number of carbonyl (C=O) groups is 2. The van der Waals surface area contributed by atoms with Crippen LogP contribution in [0.1, 0.15) is 16.1 Å².